The van der Waals surface area contributed by atoms with Gasteiger partial charge >= 0.3 is 6.09 Å². The van der Waals surface area contributed by atoms with Gasteiger partial charge in [-0.25, -0.2) is 4.79 Å². The summed E-state index contributed by atoms with van der Waals surface area (Å²) in [5.41, 5.74) is 0.678. The van der Waals surface area contributed by atoms with E-state index >= 15 is 0 Å². The number of nitrogens with one attached hydrogen (secondary N) is 2. The number of Topliss-reactive ketones (excluding diaryl/α,β-unsaturated/α-hetero) is 1. The maximum Gasteiger partial charge on any atom is 0.407 e. The molecule has 4 aliphatic carbocycles. The average Bonchev–Trinajstić information content (AvgIpc) is 3.26. The van der Waals surface area contributed by atoms with Crippen molar-refractivity contribution in [2.75, 3.05) is 13.7 Å². The van der Waals surface area contributed by atoms with E-state index in [4.69, 9.17) is 4.74 Å². The molecule has 5 heteroatoms. The molecule has 1 amide bonds. The third-order valence-electron chi connectivity index (χ3n) is 12.6. The first kappa shape index (κ1) is 30.8. The Morgan fingerprint density at radius 1 is 0.949 bits per heavy atom. The van der Waals surface area contributed by atoms with Crippen LogP contribution in [0.15, 0.2) is 0 Å². The Hall–Kier alpha value is -1.10. The van der Waals surface area contributed by atoms with Gasteiger partial charge < -0.3 is 15.4 Å². The van der Waals surface area contributed by atoms with Crippen molar-refractivity contribution in [2.45, 2.75) is 137 Å². The molecule has 0 bridgehead atoms. The van der Waals surface area contributed by atoms with Gasteiger partial charge in [-0.3, -0.25) is 4.79 Å². The predicted octanol–water partition coefficient (Wildman–Crippen LogP) is 7.77. The van der Waals surface area contributed by atoms with E-state index in [1.54, 1.807) is 0 Å². The lowest BCUT2D eigenvalue weighted by Crippen LogP contribution is -2.62. The third kappa shape index (κ3) is 6.38. The number of alkyl carbamates (subject to hydrolysis) is 1. The number of hydrogen-bond acceptors (Lipinski definition) is 4. The summed E-state index contributed by atoms with van der Waals surface area (Å²) in [5.74, 6) is 4.96. The summed E-state index contributed by atoms with van der Waals surface area (Å²) in [6.45, 7) is 15.3. The largest absolute Gasteiger partial charge is 0.453 e. The highest BCUT2D eigenvalue weighted by molar-refractivity contribution is 5.77. The molecule has 4 fully saturated rings. The van der Waals surface area contributed by atoms with E-state index in [2.05, 4.69) is 45.3 Å². The second-order valence-electron chi connectivity index (χ2n) is 15.1. The molecule has 0 saturated heterocycles. The molecule has 2 N–H and O–H groups in total. The fourth-order valence-electron chi connectivity index (χ4n) is 10.4. The van der Waals surface area contributed by atoms with Gasteiger partial charge in [0.15, 0.2) is 0 Å². The van der Waals surface area contributed by atoms with Crippen molar-refractivity contribution >= 4 is 11.9 Å². The molecule has 0 aromatic heterocycles. The molecule has 5 unspecified atom stereocenters. The standard InChI is InChI=1S/C34H60N2O3/c1-8-26(37)12-11-23(4)27-13-14-28-31-29(16-18-34(27,28)6)33(5)17-15-25(35-19-9-10-22(2)3)20-24(33)21-30(31)36-32(38)39-7/h22-25,27-31,35H,8-21H2,1-7H3,(H,36,38)/t23-,24-,25?,27-,28?,29?,30?,31?,33+,34-/m1/s1. The second-order valence-corrected chi connectivity index (χ2v) is 15.1. The maximum atomic E-state index is 12.6. The minimum atomic E-state index is -0.255. The van der Waals surface area contributed by atoms with Crippen LogP contribution in [0.1, 0.15) is 125 Å². The number of rotatable bonds is 11. The number of fused-ring (bicyclic) bond motifs is 5. The lowest BCUT2D eigenvalue weighted by molar-refractivity contribution is -0.131. The molecule has 0 heterocycles. The van der Waals surface area contributed by atoms with Crippen molar-refractivity contribution in [2.24, 2.45) is 52.3 Å². The summed E-state index contributed by atoms with van der Waals surface area (Å²) >= 11 is 0. The average molecular weight is 545 g/mol. The number of hydrogen-bond donors (Lipinski definition) is 2. The predicted molar refractivity (Wildman–Crippen MR) is 159 cm³/mol. The van der Waals surface area contributed by atoms with Gasteiger partial charge in [-0.15, -0.1) is 0 Å². The Morgan fingerprint density at radius 3 is 2.36 bits per heavy atom. The van der Waals surface area contributed by atoms with Crippen LogP contribution in [0.5, 0.6) is 0 Å². The van der Waals surface area contributed by atoms with E-state index < -0.39 is 0 Å². The monoisotopic (exact) mass is 544 g/mol. The van der Waals surface area contributed by atoms with Crippen LogP contribution in [0.3, 0.4) is 0 Å². The van der Waals surface area contributed by atoms with E-state index in [1.165, 1.54) is 64.9 Å². The van der Waals surface area contributed by atoms with Gasteiger partial charge in [0.05, 0.1) is 7.11 Å². The molecule has 0 radical (unpaired) electrons. The van der Waals surface area contributed by atoms with E-state index in [1.807, 2.05) is 6.92 Å². The van der Waals surface area contributed by atoms with Gasteiger partial charge in [0.2, 0.25) is 0 Å². The summed E-state index contributed by atoms with van der Waals surface area (Å²) in [6.07, 6.45) is 14.8. The van der Waals surface area contributed by atoms with Crippen molar-refractivity contribution in [1.82, 2.24) is 10.6 Å². The van der Waals surface area contributed by atoms with Crippen molar-refractivity contribution in [3.63, 3.8) is 0 Å². The lowest BCUT2D eigenvalue weighted by atomic mass is 9.43. The minimum Gasteiger partial charge on any atom is -0.453 e. The van der Waals surface area contributed by atoms with Crippen LogP contribution in [0.4, 0.5) is 4.79 Å². The summed E-state index contributed by atoms with van der Waals surface area (Å²) in [7, 11) is 1.51. The molecular weight excluding hydrogens is 484 g/mol. The Bertz CT molecular complexity index is 844. The van der Waals surface area contributed by atoms with Crippen molar-refractivity contribution < 1.29 is 14.3 Å². The number of methoxy groups -OCH3 is 1. The SMILES string of the molecule is CCC(=O)CC[C@@H](C)[C@H]1CCC2C3C(NC(=O)OC)C[C@H]4CC(NCCCC(C)C)CC[C@]4(C)C3CC[C@@]21C. The molecule has 0 aromatic rings. The maximum absolute atomic E-state index is 12.6. The van der Waals surface area contributed by atoms with Crippen molar-refractivity contribution in [1.29, 1.82) is 0 Å². The smallest absolute Gasteiger partial charge is 0.407 e. The molecule has 4 aliphatic rings. The van der Waals surface area contributed by atoms with Crippen LogP contribution in [0.2, 0.25) is 0 Å². The van der Waals surface area contributed by atoms with Crippen molar-refractivity contribution in [3.05, 3.63) is 0 Å². The van der Waals surface area contributed by atoms with Crippen LogP contribution in [-0.2, 0) is 9.53 Å². The Labute approximate surface area is 239 Å². The molecule has 0 aromatic carbocycles. The topological polar surface area (TPSA) is 67.4 Å². The molecule has 4 rings (SSSR count). The zero-order valence-corrected chi connectivity index (χ0v) is 26.3. The van der Waals surface area contributed by atoms with Crippen LogP contribution in [0, 0.1) is 52.3 Å². The zero-order chi connectivity index (χ0) is 28.4. The number of carbonyl (C=O) groups excluding carboxylic acids is 2. The first-order chi connectivity index (χ1) is 18.5. The van der Waals surface area contributed by atoms with Gasteiger partial charge in [0.1, 0.15) is 5.78 Å². The zero-order valence-electron chi connectivity index (χ0n) is 26.3. The Balaban J connectivity index is 1.51. The van der Waals surface area contributed by atoms with Gasteiger partial charge in [-0.05, 0) is 129 Å². The lowest BCUT2D eigenvalue weighted by Gasteiger charge is -2.63. The van der Waals surface area contributed by atoms with Crippen LogP contribution in [-0.4, -0.2) is 37.6 Å². The summed E-state index contributed by atoms with van der Waals surface area (Å²) in [4.78, 5) is 24.7. The third-order valence-corrected chi connectivity index (χ3v) is 12.6. The van der Waals surface area contributed by atoms with Gasteiger partial charge in [0, 0.05) is 24.9 Å². The van der Waals surface area contributed by atoms with Crippen LogP contribution >= 0.6 is 0 Å². The van der Waals surface area contributed by atoms with Gasteiger partial charge in [0.25, 0.3) is 0 Å². The molecule has 224 valence electrons. The molecular formula is C34H60N2O3. The molecule has 5 nitrogen and oxygen atoms in total. The Kier molecular flexibility index (Phi) is 10.1. The number of amides is 1. The van der Waals surface area contributed by atoms with E-state index in [0.29, 0.717) is 64.6 Å². The van der Waals surface area contributed by atoms with E-state index in [0.717, 1.165) is 31.7 Å². The van der Waals surface area contributed by atoms with Crippen LogP contribution < -0.4 is 10.6 Å². The highest BCUT2D eigenvalue weighted by atomic mass is 16.5. The molecule has 0 aliphatic heterocycles. The molecule has 10 atom stereocenters. The number of ketones is 1. The minimum absolute atomic E-state index is 0.209. The fraction of sp³-hybridized carbons (Fsp3) is 0.941. The Morgan fingerprint density at radius 2 is 1.67 bits per heavy atom. The van der Waals surface area contributed by atoms with Gasteiger partial charge in [-0.1, -0.05) is 41.5 Å². The first-order valence-electron chi connectivity index (χ1n) is 16.6. The summed E-state index contributed by atoms with van der Waals surface area (Å²) < 4.78 is 5.17. The fourth-order valence-corrected chi connectivity index (χ4v) is 10.4. The molecule has 0 spiro atoms. The quantitative estimate of drug-likeness (QED) is 0.261. The second kappa shape index (κ2) is 12.8. The number of carbonyl (C=O) groups is 2. The summed E-state index contributed by atoms with van der Waals surface area (Å²) in [5, 5.41) is 7.31. The molecule has 4 saturated carbocycles. The van der Waals surface area contributed by atoms with Gasteiger partial charge in [-0.2, -0.15) is 0 Å². The number of ether oxygens (including phenoxy) is 1. The first-order valence-corrected chi connectivity index (χ1v) is 16.6. The van der Waals surface area contributed by atoms with E-state index in [9.17, 15) is 9.59 Å². The normalized spacial score (nSPS) is 40.4. The highest BCUT2D eigenvalue weighted by Crippen LogP contribution is 2.68. The summed E-state index contributed by atoms with van der Waals surface area (Å²) in [6, 6.07) is 0.822. The highest BCUT2D eigenvalue weighted by Gasteiger charge is 2.63. The van der Waals surface area contributed by atoms with Crippen LogP contribution in [0.25, 0.3) is 0 Å². The van der Waals surface area contributed by atoms with Crippen molar-refractivity contribution in [3.8, 4) is 0 Å². The molecule has 39 heavy (non-hydrogen) atoms. The van der Waals surface area contributed by atoms with E-state index in [-0.39, 0.29) is 12.1 Å².